The SMILES string of the molecule is CC(=O)OC(C(=O)Nc1ccc2c(C(=O)c3ccccc3C(N)=O)noc2c1)c1cccn(-c2ccc(C(C)(C)C)cc2)c1=O. The third-order valence-electron chi connectivity index (χ3n) is 7.18. The molecule has 0 aliphatic heterocycles. The van der Waals surface area contributed by atoms with Crippen molar-refractivity contribution >= 4 is 40.2 Å². The highest BCUT2D eigenvalue weighted by molar-refractivity contribution is 6.18. The maximum atomic E-state index is 13.6. The van der Waals surface area contributed by atoms with Crippen molar-refractivity contribution in [2.24, 2.45) is 5.73 Å². The van der Waals surface area contributed by atoms with Crippen molar-refractivity contribution in [1.82, 2.24) is 9.72 Å². The number of anilines is 1. The van der Waals surface area contributed by atoms with Crippen LogP contribution < -0.4 is 16.6 Å². The average molecular weight is 607 g/mol. The number of nitrogens with zero attached hydrogens (tertiary/aromatic N) is 2. The number of fused-ring (bicyclic) bond motifs is 1. The van der Waals surface area contributed by atoms with Gasteiger partial charge in [-0.1, -0.05) is 56.3 Å². The predicted molar refractivity (Wildman–Crippen MR) is 166 cm³/mol. The van der Waals surface area contributed by atoms with Crippen LogP contribution in [-0.4, -0.2) is 33.3 Å². The Morgan fingerprint density at radius 2 is 1.62 bits per heavy atom. The highest BCUT2D eigenvalue weighted by Gasteiger charge is 2.28. The van der Waals surface area contributed by atoms with E-state index in [-0.39, 0.29) is 39.1 Å². The van der Waals surface area contributed by atoms with Crippen molar-refractivity contribution in [2.45, 2.75) is 39.2 Å². The second kappa shape index (κ2) is 12.0. The quantitative estimate of drug-likeness (QED) is 0.187. The fraction of sp³-hybridized carbons (Fsp3) is 0.176. The second-order valence-corrected chi connectivity index (χ2v) is 11.4. The zero-order chi connectivity index (χ0) is 32.5. The number of aromatic nitrogens is 2. The topological polar surface area (TPSA) is 164 Å². The second-order valence-electron chi connectivity index (χ2n) is 11.4. The number of amides is 2. The van der Waals surface area contributed by atoms with Crippen molar-refractivity contribution in [1.29, 1.82) is 0 Å². The number of carbonyl (C=O) groups is 4. The Hall–Kier alpha value is -5.84. The molecule has 45 heavy (non-hydrogen) atoms. The molecule has 1 atom stereocenters. The van der Waals surface area contributed by atoms with Crippen LogP contribution >= 0.6 is 0 Å². The normalized spacial score (nSPS) is 12.0. The molecule has 2 heterocycles. The summed E-state index contributed by atoms with van der Waals surface area (Å²) >= 11 is 0. The number of pyridine rings is 1. The molecule has 5 aromatic rings. The predicted octanol–water partition coefficient (Wildman–Crippen LogP) is 4.85. The summed E-state index contributed by atoms with van der Waals surface area (Å²) in [5.74, 6) is -2.87. The Morgan fingerprint density at radius 1 is 0.933 bits per heavy atom. The lowest BCUT2D eigenvalue weighted by molar-refractivity contribution is -0.152. The molecule has 2 aromatic heterocycles. The molecule has 0 radical (unpaired) electrons. The number of primary amides is 1. The molecule has 3 N–H and O–H groups in total. The van der Waals surface area contributed by atoms with Crippen LogP contribution in [0.3, 0.4) is 0 Å². The van der Waals surface area contributed by atoms with Crippen molar-refractivity contribution in [3.05, 3.63) is 123 Å². The standard InChI is InChI=1S/C34H30N4O7/c1-19(39)44-30(26-10-7-17-38(33(26)43)22-14-11-20(12-15-22)34(2,3)4)32(42)36-21-13-16-25-27(18-21)45-37-28(25)29(40)23-8-5-6-9-24(23)31(35)41/h5-18,30H,1-4H3,(H2,35,41)(H,36,42). The van der Waals surface area contributed by atoms with E-state index in [9.17, 15) is 24.0 Å². The molecule has 228 valence electrons. The first kappa shape index (κ1) is 30.6. The summed E-state index contributed by atoms with van der Waals surface area (Å²) in [5, 5.41) is 6.86. The van der Waals surface area contributed by atoms with E-state index in [1.807, 2.05) is 24.3 Å². The number of carbonyl (C=O) groups excluding carboxylic acids is 4. The van der Waals surface area contributed by atoms with Gasteiger partial charge in [0.15, 0.2) is 11.3 Å². The van der Waals surface area contributed by atoms with Gasteiger partial charge in [-0.05, 0) is 53.4 Å². The van der Waals surface area contributed by atoms with Gasteiger partial charge < -0.3 is 20.3 Å². The minimum atomic E-state index is -1.57. The zero-order valence-electron chi connectivity index (χ0n) is 25.0. The molecule has 1 unspecified atom stereocenters. The summed E-state index contributed by atoms with van der Waals surface area (Å²) in [4.78, 5) is 64.1. The fourth-order valence-corrected chi connectivity index (χ4v) is 4.87. The number of ketones is 1. The fourth-order valence-electron chi connectivity index (χ4n) is 4.87. The summed E-state index contributed by atoms with van der Waals surface area (Å²) in [5.41, 5.74) is 6.88. The van der Waals surface area contributed by atoms with Crippen LogP contribution in [-0.2, 0) is 19.7 Å². The van der Waals surface area contributed by atoms with Gasteiger partial charge in [0.2, 0.25) is 17.8 Å². The number of ether oxygens (including phenoxy) is 1. The highest BCUT2D eigenvalue weighted by atomic mass is 16.5. The van der Waals surface area contributed by atoms with Crippen LogP contribution in [0.2, 0.25) is 0 Å². The molecule has 11 nitrogen and oxygen atoms in total. The molecule has 0 aliphatic carbocycles. The Kier molecular flexibility index (Phi) is 8.19. The van der Waals surface area contributed by atoms with Crippen LogP contribution in [0.1, 0.15) is 71.3 Å². The van der Waals surface area contributed by atoms with Crippen molar-refractivity contribution in [3.8, 4) is 5.69 Å². The number of benzene rings is 3. The molecule has 0 aliphatic rings. The van der Waals surface area contributed by atoms with Crippen LogP contribution in [0, 0.1) is 0 Å². The number of rotatable bonds is 8. The molecule has 3 aromatic carbocycles. The van der Waals surface area contributed by atoms with E-state index in [4.69, 9.17) is 15.0 Å². The van der Waals surface area contributed by atoms with Crippen molar-refractivity contribution < 1.29 is 28.4 Å². The maximum absolute atomic E-state index is 13.6. The van der Waals surface area contributed by atoms with Gasteiger partial charge in [-0.25, -0.2) is 0 Å². The lowest BCUT2D eigenvalue weighted by atomic mass is 9.87. The highest BCUT2D eigenvalue weighted by Crippen LogP contribution is 2.27. The van der Waals surface area contributed by atoms with E-state index in [1.165, 1.54) is 41.0 Å². The summed E-state index contributed by atoms with van der Waals surface area (Å²) < 4.78 is 12.1. The lowest BCUT2D eigenvalue weighted by Gasteiger charge is -2.20. The largest absolute Gasteiger partial charge is 0.447 e. The van der Waals surface area contributed by atoms with Crippen LogP contribution in [0.15, 0.2) is 94.4 Å². The minimum Gasteiger partial charge on any atom is -0.447 e. The number of hydrogen-bond donors (Lipinski definition) is 2. The Labute approximate surface area is 257 Å². The molecule has 0 saturated heterocycles. The van der Waals surface area contributed by atoms with Gasteiger partial charge in [-0.15, -0.1) is 0 Å². The smallest absolute Gasteiger partial charge is 0.303 e. The first-order chi connectivity index (χ1) is 21.3. The molecule has 2 amide bonds. The Balaban J connectivity index is 1.43. The van der Waals surface area contributed by atoms with Gasteiger partial charge in [0, 0.05) is 36.1 Å². The van der Waals surface area contributed by atoms with Gasteiger partial charge in [0.05, 0.1) is 16.5 Å². The molecule has 11 heteroatoms. The van der Waals surface area contributed by atoms with E-state index < -0.39 is 35.2 Å². The van der Waals surface area contributed by atoms with Gasteiger partial charge in [0.1, 0.15) is 0 Å². The van der Waals surface area contributed by atoms with E-state index in [1.54, 1.807) is 24.4 Å². The van der Waals surface area contributed by atoms with E-state index >= 15 is 0 Å². The maximum Gasteiger partial charge on any atom is 0.303 e. The lowest BCUT2D eigenvalue weighted by Crippen LogP contribution is -2.32. The van der Waals surface area contributed by atoms with E-state index in [2.05, 4.69) is 31.2 Å². The summed E-state index contributed by atoms with van der Waals surface area (Å²) in [7, 11) is 0. The van der Waals surface area contributed by atoms with E-state index in [0.717, 1.165) is 12.5 Å². The van der Waals surface area contributed by atoms with Crippen molar-refractivity contribution in [2.75, 3.05) is 5.32 Å². The van der Waals surface area contributed by atoms with Crippen LogP contribution in [0.25, 0.3) is 16.7 Å². The molecule has 5 rings (SSSR count). The summed E-state index contributed by atoms with van der Waals surface area (Å²) in [6, 6.07) is 21.0. The first-order valence-electron chi connectivity index (χ1n) is 14.0. The third kappa shape index (κ3) is 6.28. The molecule has 0 spiro atoms. The molecule has 0 bridgehead atoms. The summed E-state index contributed by atoms with van der Waals surface area (Å²) in [6.45, 7) is 7.40. The van der Waals surface area contributed by atoms with Crippen LogP contribution in [0.4, 0.5) is 5.69 Å². The van der Waals surface area contributed by atoms with Gasteiger partial charge in [-0.2, -0.15) is 0 Å². The Bertz CT molecular complexity index is 2020. The first-order valence-corrected chi connectivity index (χ1v) is 14.0. The number of nitrogens with one attached hydrogen (secondary N) is 1. The van der Waals surface area contributed by atoms with Gasteiger partial charge >= 0.3 is 5.97 Å². The monoisotopic (exact) mass is 606 g/mol. The average Bonchev–Trinajstić information content (AvgIpc) is 3.42. The third-order valence-corrected chi connectivity index (χ3v) is 7.18. The minimum absolute atomic E-state index is 0.0425. The number of esters is 1. The van der Waals surface area contributed by atoms with Gasteiger partial charge in [-0.3, -0.25) is 28.5 Å². The molecule has 0 fully saturated rings. The molecular formula is C34H30N4O7. The number of hydrogen-bond acceptors (Lipinski definition) is 8. The van der Waals surface area contributed by atoms with Crippen molar-refractivity contribution in [3.63, 3.8) is 0 Å². The molecular weight excluding hydrogens is 576 g/mol. The van der Waals surface area contributed by atoms with E-state index in [0.29, 0.717) is 11.1 Å². The summed E-state index contributed by atoms with van der Waals surface area (Å²) in [6.07, 6.45) is 0.00307. The van der Waals surface area contributed by atoms with Gasteiger partial charge in [0.25, 0.3) is 11.5 Å². The van der Waals surface area contributed by atoms with Crippen LogP contribution in [0.5, 0.6) is 0 Å². The molecule has 0 saturated carbocycles. The number of nitrogens with two attached hydrogens (primary N) is 1. The zero-order valence-corrected chi connectivity index (χ0v) is 25.0. The Morgan fingerprint density at radius 3 is 2.27 bits per heavy atom.